The number of carboxylic acids is 1. The summed E-state index contributed by atoms with van der Waals surface area (Å²) in [6, 6.07) is -1.33. The zero-order chi connectivity index (χ0) is 12.2. The number of nitrogens with one attached hydrogen (secondary N) is 2. The Labute approximate surface area is 94.3 Å². The van der Waals surface area contributed by atoms with Gasteiger partial charge in [0.2, 0.25) is 0 Å². The van der Waals surface area contributed by atoms with Gasteiger partial charge in [-0.25, -0.2) is 4.79 Å². The van der Waals surface area contributed by atoms with Crippen molar-refractivity contribution in [2.75, 3.05) is 13.2 Å². The fourth-order valence-electron chi connectivity index (χ4n) is 1.52. The number of rotatable bonds is 3. The molecule has 92 valence electrons. The van der Waals surface area contributed by atoms with Crippen LogP contribution in [0.25, 0.3) is 0 Å². The second-order valence-corrected chi connectivity index (χ2v) is 4.33. The Morgan fingerprint density at radius 2 is 1.94 bits per heavy atom. The van der Waals surface area contributed by atoms with Crippen LogP contribution in [0.4, 0.5) is 4.79 Å². The molecule has 3 N–H and O–H groups in total. The van der Waals surface area contributed by atoms with Crippen molar-refractivity contribution in [3.63, 3.8) is 0 Å². The minimum atomic E-state index is -1.05. The molecule has 0 saturated carbocycles. The maximum absolute atomic E-state index is 11.5. The molecule has 0 radical (unpaired) electrons. The summed E-state index contributed by atoms with van der Waals surface area (Å²) in [6.45, 7) is 4.59. The number of amides is 2. The Balaban J connectivity index is 2.41. The van der Waals surface area contributed by atoms with Crippen molar-refractivity contribution in [3.8, 4) is 0 Å². The van der Waals surface area contributed by atoms with E-state index in [1.165, 1.54) is 6.92 Å². The Morgan fingerprint density at radius 1 is 1.38 bits per heavy atom. The van der Waals surface area contributed by atoms with E-state index in [1.54, 1.807) is 0 Å². The number of carbonyl (C=O) groups excluding carboxylic acids is 1. The summed E-state index contributed by atoms with van der Waals surface area (Å²) in [5.74, 6) is -1.05. The number of carboxylic acid groups (broad SMARTS) is 1. The predicted octanol–water partition coefficient (Wildman–Crippen LogP) is 0.328. The summed E-state index contributed by atoms with van der Waals surface area (Å²) < 4.78 is 5.20. The summed E-state index contributed by atoms with van der Waals surface area (Å²) in [7, 11) is 0. The highest BCUT2D eigenvalue weighted by atomic mass is 16.5. The van der Waals surface area contributed by atoms with Crippen molar-refractivity contribution >= 4 is 12.0 Å². The third-order valence-corrected chi connectivity index (χ3v) is 2.73. The van der Waals surface area contributed by atoms with Crippen LogP contribution in [-0.2, 0) is 9.53 Å². The van der Waals surface area contributed by atoms with Gasteiger partial charge in [0.1, 0.15) is 6.04 Å². The molecule has 0 unspecified atom stereocenters. The summed E-state index contributed by atoms with van der Waals surface area (Å²) in [5, 5.41) is 13.8. The molecule has 1 rings (SSSR count). The van der Waals surface area contributed by atoms with Crippen LogP contribution in [0.2, 0.25) is 0 Å². The molecule has 0 spiro atoms. The van der Waals surface area contributed by atoms with Crippen LogP contribution in [-0.4, -0.2) is 41.9 Å². The van der Waals surface area contributed by atoms with E-state index in [0.29, 0.717) is 13.2 Å². The SMILES string of the molecule is C[C@H](NC(=O)NC1(C)CCOCC1)C(=O)O. The minimum absolute atomic E-state index is 0.305. The van der Waals surface area contributed by atoms with E-state index in [-0.39, 0.29) is 5.54 Å². The molecule has 2 amide bonds. The maximum atomic E-state index is 11.5. The van der Waals surface area contributed by atoms with Crippen LogP contribution in [0.3, 0.4) is 0 Å². The Kier molecular flexibility index (Phi) is 4.12. The fraction of sp³-hybridized carbons (Fsp3) is 0.800. The monoisotopic (exact) mass is 230 g/mol. The lowest BCUT2D eigenvalue weighted by Crippen LogP contribution is -2.55. The topological polar surface area (TPSA) is 87.7 Å². The zero-order valence-corrected chi connectivity index (χ0v) is 9.58. The Hall–Kier alpha value is -1.30. The third kappa shape index (κ3) is 3.69. The quantitative estimate of drug-likeness (QED) is 0.652. The lowest BCUT2D eigenvalue weighted by Gasteiger charge is -2.34. The summed E-state index contributed by atoms with van der Waals surface area (Å²) >= 11 is 0. The normalized spacial score (nSPS) is 20.9. The Morgan fingerprint density at radius 3 is 2.44 bits per heavy atom. The van der Waals surface area contributed by atoms with Gasteiger partial charge >= 0.3 is 12.0 Å². The van der Waals surface area contributed by atoms with Gasteiger partial charge in [-0.15, -0.1) is 0 Å². The lowest BCUT2D eigenvalue weighted by atomic mass is 9.93. The summed E-state index contributed by atoms with van der Waals surface area (Å²) in [5.41, 5.74) is -0.305. The summed E-state index contributed by atoms with van der Waals surface area (Å²) in [6.07, 6.45) is 1.48. The lowest BCUT2D eigenvalue weighted by molar-refractivity contribution is -0.138. The second kappa shape index (κ2) is 5.16. The molecule has 16 heavy (non-hydrogen) atoms. The number of carbonyl (C=O) groups is 2. The van der Waals surface area contributed by atoms with Crippen molar-refractivity contribution in [2.24, 2.45) is 0 Å². The number of hydrogen-bond donors (Lipinski definition) is 3. The average Bonchev–Trinajstić information content (AvgIpc) is 2.17. The first-order valence-electron chi connectivity index (χ1n) is 5.32. The average molecular weight is 230 g/mol. The van der Waals surface area contributed by atoms with Gasteiger partial charge < -0.3 is 20.5 Å². The van der Waals surface area contributed by atoms with E-state index in [4.69, 9.17) is 9.84 Å². The number of hydrogen-bond acceptors (Lipinski definition) is 3. The highest BCUT2D eigenvalue weighted by Crippen LogP contribution is 2.19. The van der Waals surface area contributed by atoms with Gasteiger partial charge in [-0.3, -0.25) is 4.79 Å². The molecule has 1 heterocycles. The van der Waals surface area contributed by atoms with Gasteiger partial charge in [-0.1, -0.05) is 0 Å². The van der Waals surface area contributed by atoms with Crippen molar-refractivity contribution in [3.05, 3.63) is 0 Å². The van der Waals surface area contributed by atoms with Gasteiger partial charge in [-0.05, 0) is 26.7 Å². The largest absolute Gasteiger partial charge is 0.480 e. The van der Waals surface area contributed by atoms with Gasteiger partial charge in [0, 0.05) is 18.8 Å². The van der Waals surface area contributed by atoms with E-state index in [0.717, 1.165) is 12.8 Å². The molecule has 0 aliphatic carbocycles. The standard InChI is InChI=1S/C10H18N2O4/c1-7(8(13)14)11-9(15)12-10(2)3-5-16-6-4-10/h7H,3-6H2,1-2H3,(H,13,14)(H2,11,12,15)/t7-/m0/s1. The van der Waals surface area contributed by atoms with E-state index < -0.39 is 18.0 Å². The van der Waals surface area contributed by atoms with Crippen LogP contribution in [0, 0.1) is 0 Å². The molecule has 1 aliphatic heterocycles. The molecule has 1 fully saturated rings. The second-order valence-electron chi connectivity index (χ2n) is 4.33. The van der Waals surface area contributed by atoms with Crippen molar-refractivity contribution in [1.29, 1.82) is 0 Å². The van der Waals surface area contributed by atoms with Crippen LogP contribution in [0.15, 0.2) is 0 Å². The molecular weight excluding hydrogens is 212 g/mol. The first-order chi connectivity index (χ1) is 7.43. The highest BCUT2D eigenvalue weighted by Gasteiger charge is 2.29. The summed E-state index contributed by atoms with van der Waals surface area (Å²) in [4.78, 5) is 22.0. The molecule has 0 aromatic heterocycles. The molecular formula is C10H18N2O4. The van der Waals surface area contributed by atoms with Crippen molar-refractivity contribution < 1.29 is 19.4 Å². The van der Waals surface area contributed by atoms with Gasteiger partial charge in [0.05, 0.1) is 0 Å². The third-order valence-electron chi connectivity index (χ3n) is 2.73. The van der Waals surface area contributed by atoms with Crippen LogP contribution in [0.1, 0.15) is 26.7 Å². The van der Waals surface area contributed by atoms with Gasteiger partial charge in [0.15, 0.2) is 0 Å². The number of aliphatic carboxylic acids is 1. The van der Waals surface area contributed by atoms with Crippen LogP contribution < -0.4 is 10.6 Å². The first-order valence-corrected chi connectivity index (χ1v) is 5.32. The molecule has 0 aromatic carbocycles. The van der Waals surface area contributed by atoms with Gasteiger partial charge in [-0.2, -0.15) is 0 Å². The maximum Gasteiger partial charge on any atom is 0.325 e. The van der Waals surface area contributed by atoms with Crippen molar-refractivity contribution in [1.82, 2.24) is 10.6 Å². The van der Waals surface area contributed by atoms with Crippen LogP contribution >= 0.6 is 0 Å². The molecule has 1 atom stereocenters. The van der Waals surface area contributed by atoms with E-state index in [9.17, 15) is 9.59 Å². The van der Waals surface area contributed by atoms with Gasteiger partial charge in [0.25, 0.3) is 0 Å². The Bertz CT molecular complexity index is 274. The van der Waals surface area contributed by atoms with Crippen molar-refractivity contribution in [2.45, 2.75) is 38.3 Å². The van der Waals surface area contributed by atoms with E-state index in [2.05, 4.69) is 10.6 Å². The molecule has 6 nitrogen and oxygen atoms in total. The minimum Gasteiger partial charge on any atom is -0.480 e. The molecule has 0 aromatic rings. The molecule has 1 saturated heterocycles. The molecule has 1 aliphatic rings. The first kappa shape index (κ1) is 12.8. The fourth-order valence-corrected chi connectivity index (χ4v) is 1.52. The van der Waals surface area contributed by atoms with E-state index in [1.807, 2.05) is 6.92 Å². The predicted molar refractivity (Wildman–Crippen MR) is 57.2 cm³/mol. The van der Waals surface area contributed by atoms with Crippen LogP contribution in [0.5, 0.6) is 0 Å². The molecule has 0 bridgehead atoms. The molecule has 6 heteroatoms. The smallest absolute Gasteiger partial charge is 0.325 e. The number of ether oxygens (including phenoxy) is 1. The number of urea groups is 1. The zero-order valence-electron chi connectivity index (χ0n) is 9.58. The highest BCUT2D eigenvalue weighted by molar-refractivity contribution is 5.82. The van der Waals surface area contributed by atoms with E-state index >= 15 is 0 Å².